The maximum Gasteiger partial charge on any atom is 0.335 e. The second kappa shape index (κ2) is 7.69. The molecule has 11 heteroatoms. The first-order valence-corrected chi connectivity index (χ1v) is 8.61. The lowest BCUT2D eigenvalue weighted by molar-refractivity contribution is -0.384. The zero-order valence-corrected chi connectivity index (χ0v) is 15.2. The first-order valence-electron chi connectivity index (χ1n) is 8.23. The molecule has 1 aliphatic heterocycles. The molecule has 0 aromatic heterocycles. The second-order valence-corrected chi connectivity index (χ2v) is 6.54. The average Bonchev–Trinajstić information content (AvgIpc) is 2.67. The van der Waals surface area contributed by atoms with E-state index < -0.39 is 15.8 Å². The number of nitrogens with zero attached hydrogens (tertiary/aromatic N) is 4. The van der Waals surface area contributed by atoms with Gasteiger partial charge < -0.3 is 14.9 Å². The van der Waals surface area contributed by atoms with E-state index in [9.17, 15) is 25.0 Å². The quantitative estimate of drug-likeness (QED) is 0.591. The van der Waals surface area contributed by atoms with Gasteiger partial charge in [-0.15, -0.1) is 0 Å². The van der Waals surface area contributed by atoms with Gasteiger partial charge >= 0.3 is 5.97 Å². The number of carboxylic acid groups (broad SMARTS) is 1. The fourth-order valence-electron chi connectivity index (χ4n) is 3.12. The fraction of sp³-hybridized carbons (Fsp3) is 0.235. The Labute approximate surface area is 163 Å². The van der Waals surface area contributed by atoms with Crippen LogP contribution in [0.25, 0.3) is 0 Å². The minimum atomic E-state index is -1.23. The van der Waals surface area contributed by atoms with Crippen molar-refractivity contribution in [3.05, 3.63) is 67.2 Å². The Bertz CT molecular complexity index is 959. The smallest absolute Gasteiger partial charge is 0.335 e. The first-order chi connectivity index (χ1) is 13.3. The Kier molecular flexibility index (Phi) is 5.32. The van der Waals surface area contributed by atoms with Crippen LogP contribution in [0.15, 0.2) is 36.4 Å². The monoisotopic (exact) mass is 406 g/mol. The van der Waals surface area contributed by atoms with E-state index in [4.69, 9.17) is 16.7 Å². The minimum absolute atomic E-state index is 0.0958. The number of anilines is 2. The van der Waals surface area contributed by atoms with Gasteiger partial charge in [0.2, 0.25) is 0 Å². The molecule has 0 spiro atoms. The molecule has 3 rings (SSSR count). The van der Waals surface area contributed by atoms with Gasteiger partial charge in [0.25, 0.3) is 11.4 Å². The van der Waals surface area contributed by atoms with Gasteiger partial charge in [-0.2, -0.15) is 0 Å². The van der Waals surface area contributed by atoms with Gasteiger partial charge in [0.05, 0.1) is 26.1 Å². The van der Waals surface area contributed by atoms with Crippen molar-refractivity contribution in [2.75, 3.05) is 36.0 Å². The number of aromatic carboxylic acids is 1. The summed E-state index contributed by atoms with van der Waals surface area (Å²) in [6, 6.07) is 8.08. The third-order valence-corrected chi connectivity index (χ3v) is 4.82. The fourth-order valence-corrected chi connectivity index (χ4v) is 3.42. The van der Waals surface area contributed by atoms with Gasteiger partial charge in [-0.3, -0.25) is 20.2 Å². The van der Waals surface area contributed by atoms with Crippen molar-refractivity contribution in [1.29, 1.82) is 0 Å². The highest BCUT2D eigenvalue weighted by molar-refractivity contribution is 6.33. The highest BCUT2D eigenvalue weighted by atomic mass is 35.5. The molecule has 0 radical (unpaired) electrons. The zero-order valence-electron chi connectivity index (χ0n) is 14.4. The van der Waals surface area contributed by atoms with Crippen molar-refractivity contribution in [3.8, 4) is 0 Å². The highest BCUT2D eigenvalue weighted by Crippen LogP contribution is 2.33. The van der Waals surface area contributed by atoms with Crippen molar-refractivity contribution in [1.82, 2.24) is 0 Å². The lowest BCUT2D eigenvalue weighted by Gasteiger charge is -2.37. The summed E-state index contributed by atoms with van der Waals surface area (Å²) in [5.41, 5.74) is 0.502. The van der Waals surface area contributed by atoms with Crippen LogP contribution in [0.3, 0.4) is 0 Å². The Morgan fingerprint density at radius 3 is 2.00 bits per heavy atom. The van der Waals surface area contributed by atoms with Gasteiger partial charge in [0, 0.05) is 44.4 Å². The molecule has 0 atom stereocenters. The summed E-state index contributed by atoms with van der Waals surface area (Å²) in [5, 5.41) is 31.5. The van der Waals surface area contributed by atoms with Crippen LogP contribution in [0, 0.1) is 20.2 Å². The van der Waals surface area contributed by atoms with Crippen molar-refractivity contribution in [3.63, 3.8) is 0 Å². The summed E-state index contributed by atoms with van der Waals surface area (Å²) >= 11 is 6.17. The summed E-state index contributed by atoms with van der Waals surface area (Å²) in [6.07, 6.45) is 0. The van der Waals surface area contributed by atoms with Crippen LogP contribution in [0.1, 0.15) is 10.4 Å². The Morgan fingerprint density at radius 1 is 0.929 bits per heavy atom. The number of hydrogen-bond acceptors (Lipinski definition) is 7. The summed E-state index contributed by atoms with van der Waals surface area (Å²) in [7, 11) is 0. The number of carboxylic acids is 1. The molecule has 0 aliphatic carbocycles. The molecule has 2 aromatic carbocycles. The average molecular weight is 407 g/mol. The summed E-state index contributed by atoms with van der Waals surface area (Å²) in [4.78, 5) is 35.9. The summed E-state index contributed by atoms with van der Waals surface area (Å²) in [5.74, 6) is -1.23. The van der Waals surface area contributed by atoms with Crippen molar-refractivity contribution >= 4 is 40.3 Å². The lowest BCUT2D eigenvalue weighted by Crippen LogP contribution is -2.46. The zero-order chi connectivity index (χ0) is 20.4. The first kappa shape index (κ1) is 19.4. The summed E-state index contributed by atoms with van der Waals surface area (Å²) < 4.78 is 0. The summed E-state index contributed by atoms with van der Waals surface area (Å²) in [6.45, 7) is 1.88. The maximum atomic E-state index is 11.4. The van der Waals surface area contributed by atoms with E-state index in [1.165, 1.54) is 24.3 Å². The highest BCUT2D eigenvalue weighted by Gasteiger charge is 2.26. The van der Waals surface area contributed by atoms with Crippen LogP contribution in [-0.2, 0) is 0 Å². The molecule has 1 aliphatic rings. The number of rotatable bonds is 5. The van der Waals surface area contributed by atoms with E-state index >= 15 is 0 Å². The predicted molar refractivity (Wildman–Crippen MR) is 103 cm³/mol. The van der Waals surface area contributed by atoms with Crippen LogP contribution in [0.2, 0.25) is 5.02 Å². The van der Waals surface area contributed by atoms with Crippen LogP contribution in [-0.4, -0.2) is 47.1 Å². The number of non-ortho nitro benzene ring substituents is 1. The van der Waals surface area contributed by atoms with Crippen molar-refractivity contribution in [2.45, 2.75) is 0 Å². The SMILES string of the molecule is O=C(O)c1ccc(N2CCN(c3ccc([N+](=O)[O-])cc3Cl)CC2)c([N+](=O)[O-])c1. The molecule has 0 bridgehead atoms. The molecule has 1 saturated heterocycles. The molecular formula is C17H15ClN4O6. The molecule has 28 heavy (non-hydrogen) atoms. The third-order valence-electron chi connectivity index (χ3n) is 4.52. The van der Waals surface area contributed by atoms with Gasteiger partial charge in [0.1, 0.15) is 5.69 Å². The Morgan fingerprint density at radius 2 is 1.50 bits per heavy atom. The van der Waals surface area contributed by atoms with Crippen LogP contribution < -0.4 is 9.80 Å². The standard InChI is InChI=1S/C17H15ClN4O6/c18-13-10-12(21(25)26)2-4-14(13)19-5-7-20(8-6-19)15-3-1-11(17(23)24)9-16(15)22(27)28/h1-4,9-10H,5-8H2,(H,23,24). The van der Waals surface area contributed by atoms with E-state index in [0.717, 1.165) is 6.07 Å². The number of nitro groups is 2. The van der Waals surface area contributed by atoms with E-state index in [-0.39, 0.29) is 22.0 Å². The number of hydrogen-bond donors (Lipinski definition) is 1. The predicted octanol–water partition coefficient (Wildman–Crippen LogP) is 3.18. The molecular weight excluding hydrogens is 392 g/mol. The van der Waals surface area contributed by atoms with Gasteiger partial charge in [-0.05, 0) is 18.2 Å². The number of nitro benzene ring substituents is 2. The molecule has 1 heterocycles. The van der Waals surface area contributed by atoms with Crippen molar-refractivity contribution < 1.29 is 19.7 Å². The van der Waals surface area contributed by atoms with E-state index in [0.29, 0.717) is 37.6 Å². The van der Waals surface area contributed by atoms with Crippen molar-refractivity contribution in [2.24, 2.45) is 0 Å². The Balaban J connectivity index is 1.78. The van der Waals surface area contributed by atoms with E-state index in [2.05, 4.69) is 0 Å². The molecule has 0 amide bonds. The molecule has 2 aromatic rings. The van der Waals surface area contributed by atoms with Crippen LogP contribution in [0.5, 0.6) is 0 Å². The number of benzene rings is 2. The number of halogens is 1. The molecule has 0 unspecified atom stereocenters. The molecule has 0 saturated carbocycles. The second-order valence-electron chi connectivity index (χ2n) is 6.13. The lowest BCUT2D eigenvalue weighted by atomic mass is 10.1. The Hall–Kier alpha value is -3.40. The van der Waals surface area contributed by atoms with Crippen LogP contribution >= 0.6 is 11.6 Å². The van der Waals surface area contributed by atoms with Gasteiger partial charge in [0.15, 0.2) is 0 Å². The topological polar surface area (TPSA) is 130 Å². The van der Waals surface area contributed by atoms with Crippen LogP contribution in [0.4, 0.5) is 22.7 Å². The molecule has 1 N–H and O–H groups in total. The molecule has 146 valence electrons. The van der Waals surface area contributed by atoms with E-state index in [1.54, 1.807) is 11.0 Å². The molecule has 1 fully saturated rings. The maximum absolute atomic E-state index is 11.4. The number of piperazine rings is 1. The normalized spacial score (nSPS) is 14.0. The number of carbonyl (C=O) groups is 1. The molecule has 10 nitrogen and oxygen atoms in total. The van der Waals surface area contributed by atoms with Gasteiger partial charge in [-0.25, -0.2) is 4.79 Å². The third kappa shape index (κ3) is 3.81. The van der Waals surface area contributed by atoms with Gasteiger partial charge in [-0.1, -0.05) is 11.6 Å². The largest absolute Gasteiger partial charge is 0.478 e. The minimum Gasteiger partial charge on any atom is -0.478 e. The van der Waals surface area contributed by atoms with E-state index in [1.807, 2.05) is 4.90 Å².